The number of carbonyl (C=O) groups excluding carboxylic acids is 1. The Bertz CT molecular complexity index is 455. The van der Waals surface area contributed by atoms with Gasteiger partial charge in [-0.15, -0.1) is 11.3 Å². The van der Waals surface area contributed by atoms with Crippen molar-refractivity contribution in [1.82, 2.24) is 9.88 Å². The molecule has 1 saturated heterocycles. The van der Waals surface area contributed by atoms with E-state index in [1.165, 1.54) is 7.11 Å². The Morgan fingerprint density at radius 1 is 1.55 bits per heavy atom. The normalized spacial score (nSPS) is 24.0. The first-order valence-electron chi connectivity index (χ1n) is 6.73. The van der Waals surface area contributed by atoms with Crippen LogP contribution in [0, 0.1) is 0 Å². The number of esters is 1. The quantitative estimate of drug-likeness (QED) is 0.796. The van der Waals surface area contributed by atoms with Crippen molar-refractivity contribution in [2.75, 3.05) is 26.8 Å². The molecule has 2 heterocycles. The fraction of sp³-hybridized carbons (Fsp3) is 0.714. The second-order valence-electron chi connectivity index (χ2n) is 6.04. The highest BCUT2D eigenvalue weighted by Gasteiger charge is 2.46. The molecule has 5 nitrogen and oxygen atoms in total. The molecule has 2 rings (SSSR count). The molecule has 1 aromatic rings. The van der Waals surface area contributed by atoms with Gasteiger partial charge >= 0.3 is 5.97 Å². The minimum Gasteiger partial charge on any atom is -0.467 e. The Morgan fingerprint density at radius 3 is 2.80 bits per heavy atom. The molecule has 0 spiro atoms. The van der Waals surface area contributed by atoms with Gasteiger partial charge in [0.1, 0.15) is 17.2 Å². The predicted octanol–water partition coefficient (Wildman–Crippen LogP) is 2.03. The lowest BCUT2D eigenvalue weighted by Crippen LogP contribution is -2.43. The molecule has 1 fully saturated rings. The van der Waals surface area contributed by atoms with Gasteiger partial charge in [0, 0.05) is 30.2 Å². The van der Waals surface area contributed by atoms with E-state index in [0.29, 0.717) is 0 Å². The molecule has 1 aromatic heterocycles. The molecule has 1 unspecified atom stereocenters. The van der Waals surface area contributed by atoms with Crippen LogP contribution < -0.4 is 0 Å². The number of hydrogen-bond acceptors (Lipinski definition) is 6. The number of rotatable bonds is 4. The van der Waals surface area contributed by atoms with Gasteiger partial charge in [0.15, 0.2) is 0 Å². The first kappa shape index (κ1) is 15.4. The van der Waals surface area contributed by atoms with Crippen molar-refractivity contribution in [3.8, 4) is 0 Å². The van der Waals surface area contributed by atoms with Crippen LogP contribution in [-0.4, -0.2) is 48.2 Å². The van der Waals surface area contributed by atoms with E-state index >= 15 is 0 Å². The molecule has 1 aliphatic rings. The van der Waals surface area contributed by atoms with E-state index < -0.39 is 5.60 Å². The lowest BCUT2D eigenvalue weighted by atomic mass is 10.0. The lowest BCUT2D eigenvalue weighted by Gasteiger charge is -2.34. The highest BCUT2D eigenvalue weighted by atomic mass is 32.1. The van der Waals surface area contributed by atoms with E-state index in [2.05, 4.69) is 35.4 Å². The topological polar surface area (TPSA) is 51.7 Å². The molecule has 1 atom stereocenters. The first-order chi connectivity index (χ1) is 9.37. The number of ether oxygens (including phenoxy) is 2. The van der Waals surface area contributed by atoms with Gasteiger partial charge in [0.25, 0.3) is 0 Å². The number of methoxy groups -OCH3 is 1. The molecule has 0 bridgehead atoms. The molecular weight excluding hydrogens is 276 g/mol. The number of aromatic nitrogens is 1. The molecule has 0 N–H and O–H groups in total. The van der Waals surface area contributed by atoms with Crippen molar-refractivity contribution in [1.29, 1.82) is 0 Å². The summed E-state index contributed by atoms with van der Waals surface area (Å²) in [6.45, 7) is 8.21. The van der Waals surface area contributed by atoms with Crippen molar-refractivity contribution < 1.29 is 14.3 Å². The van der Waals surface area contributed by atoms with Gasteiger partial charge in [-0.2, -0.15) is 0 Å². The Morgan fingerprint density at radius 2 is 2.30 bits per heavy atom. The van der Waals surface area contributed by atoms with Crippen LogP contribution >= 0.6 is 11.3 Å². The van der Waals surface area contributed by atoms with Gasteiger partial charge < -0.3 is 9.47 Å². The number of hydrogen-bond donors (Lipinski definition) is 0. The minimum atomic E-state index is -0.490. The third-order valence-electron chi connectivity index (χ3n) is 3.70. The maximum Gasteiger partial charge on any atom is 0.331 e. The van der Waals surface area contributed by atoms with Crippen LogP contribution in [0.4, 0.5) is 0 Å². The van der Waals surface area contributed by atoms with E-state index in [0.717, 1.165) is 24.5 Å². The minimum absolute atomic E-state index is 0.0337. The number of thiazole rings is 1. The molecule has 112 valence electrons. The molecular formula is C14H22N2O3S. The second kappa shape index (κ2) is 5.79. The largest absolute Gasteiger partial charge is 0.467 e. The van der Waals surface area contributed by atoms with Crippen molar-refractivity contribution in [3.63, 3.8) is 0 Å². The summed E-state index contributed by atoms with van der Waals surface area (Å²) in [5, 5.41) is 2.88. The van der Waals surface area contributed by atoms with Gasteiger partial charge in [0.2, 0.25) is 0 Å². The zero-order valence-electron chi connectivity index (χ0n) is 12.5. The third kappa shape index (κ3) is 3.19. The molecule has 0 radical (unpaired) electrons. The van der Waals surface area contributed by atoms with Gasteiger partial charge in [0.05, 0.1) is 7.11 Å². The zero-order valence-corrected chi connectivity index (χ0v) is 13.3. The highest BCUT2D eigenvalue weighted by molar-refractivity contribution is 7.09. The average molecular weight is 298 g/mol. The van der Waals surface area contributed by atoms with Gasteiger partial charge in [-0.3, -0.25) is 4.90 Å². The van der Waals surface area contributed by atoms with Gasteiger partial charge in [-0.05, 0) is 27.2 Å². The molecule has 0 amide bonds. The van der Waals surface area contributed by atoms with Crippen LogP contribution in [-0.2, 0) is 19.9 Å². The van der Waals surface area contributed by atoms with Crippen LogP contribution in [0.3, 0.4) is 0 Å². The van der Waals surface area contributed by atoms with Crippen molar-refractivity contribution in [2.45, 2.75) is 38.3 Å². The van der Waals surface area contributed by atoms with Gasteiger partial charge in [-0.1, -0.05) is 0 Å². The molecule has 20 heavy (non-hydrogen) atoms. The molecule has 0 aliphatic carbocycles. The Kier molecular flexibility index (Phi) is 4.46. The van der Waals surface area contributed by atoms with Crippen LogP contribution in [0.5, 0.6) is 0 Å². The summed E-state index contributed by atoms with van der Waals surface area (Å²) in [6, 6.07) is 0. The van der Waals surface area contributed by atoms with Crippen molar-refractivity contribution in [3.05, 3.63) is 16.6 Å². The third-order valence-corrected chi connectivity index (χ3v) is 4.66. The van der Waals surface area contributed by atoms with Crippen LogP contribution in [0.2, 0.25) is 0 Å². The molecule has 0 aromatic carbocycles. The molecule has 6 heteroatoms. The van der Waals surface area contributed by atoms with E-state index in [9.17, 15) is 4.79 Å². The van der Waals surface area contributed by atoms with Crippen LogP contribution in [0.15, 0.2) is 11.6 Å². The summed E-state index contributed by atoms with van der Waals surface area (Å²) in [5.41, 5.74) is -0.413. The summed E-state index contributed by atoms with van der Waals surface area (Å²) in [6.07, 6.45) is 2.62. The Hall–Kier alpha value is -0.980. The zero-order chi connectivity index (χ0) is 14.8. The van der Waals surface area contributed by atoms with Crippen molar-refractivity contribution in [2.24, 2.45) is 0 Å². The highest BCUT2D eigenvalue weighted by Crippen LogP contribution is 2.39. The van der Waals surface area contributed by atoms with E-state index in [-0.39, 0.29) is 18.1 Å². The number of nitrogens with zero attached hydrogens (tertiary/aromatic N) is 2. The fourth-order valence-electron chi connectivity index (χ4n) is 2.41. The Balaban J connectivity index is 2.17. The maximum atomic E-state index is 11.4. The van der Waals surface area contributed by atoms with Crippen LogP contribution in [0.25, 0.3) is 0 Å². The standard InChI is InChI=1S/C14H22N2O3S/c1-13(2,3)16-7-5-14(10-16,12-15-6-8-20-12)19-9-11(17)18-4/h6,8H,5,7,9-10H2,1-4H3. The smallest absolute Gasteiger partial charge is 0.331 e. The van der Waals surface area contributed by atoms with Crippen molar-refractivity contribution >= 4 is 17.3 Å². The SMILES string of the molecule is COC(=O)COC1(c2nccs2)CCN(C(C)(C)C)C1. The number of carbonyl (C=O) groups is 1. The monoisotopic (exact) mass is 298 g/mol. The Labute approximate surface area is 123 Å². The first-order valence-corrected chi connectivity index (χ1v) is 7.61. The summed E-state index contributed by atoms with van der Waals surface area (Å²) in [5.74, 6) is -0.352. The summed E-state index contributed by atoms with van der Waals surface area (Å²) in [4.78, 5) is 18.2. The summed E-state index contributed by atoms with van der Waals surface area (Å²) in [7, 11) is 1.37. The van der Waals surface area contributed by atoms with E-state index in [4.69, 9.17) is 4.74 Å². The van der Waals surface area contributed by atoms with Crippen LogP contribution in [0.1, 0.15) is 32.2 Å². The summed E-state index contributed by atoms with van der Waals surface area (Å²) >= 11 is 1.58. The lowest BCUT2D eigenvalue weighted by molar-refractivity contribution is -0.153. The summed E-state index contributed by atoms with van der Waals surface area (Å²) < 4.78 is 10.6. The average Bonchev–Trinajstić information content (AvgIpc) is 3.04. The fourth-order valence-corrected chi connectivity index (χ4v) is 3.23. The number of likely N-dealkylation sites (tertiary alicyclic amines) is 1. The molecule has 0 saturated carbocycles. The van der Waals surface area contributed by atoms with E-state index in [1.54, 1.807) is 17.5 Å². The molecule has 1 aliphatic heterocycles. The second-order valence-corrected chi connectivity index (χ2v) is 6.93. The van der Waals surface area contributed by atoms with Gasteiger partial charge in [-0.25, -0.2) is 9.78 Å². The maximum absolute atomic E-state index is 11.4. The van der Waals surface area contributed by atoms with E-state index in [1.807, 2.05) is 5.38 Å². The predicted molar refractivity (Wildman–Crippen MR) is 77.7 cm³/mol.